The predicted octanol–water partition coefficient (Wildman–Crippen LogP) is 2.89. The molecule has 0 atom stereocenters. The van der Waals surface area contributed by atoms with Gasteiger partial charge in [-0.2, -0.15) is 13.2 Å². The van der Waals surface area contributed by atoms with Crippen molar-refractivity contribution in [1.29, 1.82) is 0 Å². The van der Waals surface area contributed by atoms with Gasteiger partial charge in [-0.3, -0.25) is 4.79 Å². The van der Waals surface area contributed by atoms with Crippen molar-refractivity contribution in [3.05, 3.63) is 34.2 Å². The lowest BCUT2D eigenvalue weighted by atomic mass is 10.2. The van der Waals surface area contributed by atoms with Crippen molar-refractivity contribution in [2.75, 3.05) is 5.88 Å². The molecule has 0 N–H and O–H groups in total. The second-order valence-corrected chi connectivity index (χ2v) is 3.69. The number of rotatable bonds is 4. The van der Waals surface area contributed by atoms with Crippen LogP contribution in [0.15, 0.2) is 23.1 Å². The Labute approximate surface area is 95.6 Å². The first-order valence-electron chi connectivity index (χ1n) is 4.79. The number of aryl methyl sites for hydroxylation is 1. The molecule has 2 nitrogen and oxygen atoms in total. The maximum Gasteiger partial charge on any atom is 0.421 e. The SMILES string of the molecule is O=c1c(C(F)(F)F)cccn1CCCCCl. The zero-order valence-electron chi connectivity index (χ0n) is 8.43. The standard InChI is InChI=1S/C10H11ClF3NO/c11-5-1-2-6-15-7-3-4-8(9(15)16)10(12,13)14/h3-4,7H,1-2,5-6H2. The maximum absolute atomic E-state index is 12.4. The second-order valence-electron chi connectivity index (χ2n) is 3.31. The summed E-state index contributed by atoms with van der Waals surface area (Å²) in [5.74, 6) is 0.438. The monoisotopic (exact) mass is 253 g/mol. The average molecular weight is 254 g/mol. The Balaban J connectivity index is 2.92. The van der Waals surface area contributed by atoms with Crippen molar-refractivity contribution in [2.24, 2.45) is 0 Å². The van der Waals surface area contributed by atoms with E-state index in [1.807, 2.05) is 0 Å². The molecule has 1 aromatic heterocycles. The van der Waals surface area contributed by atoms with Crippen LogP contribution in [-0.2, 0) is 12.7 Å². The molecule has 0 bridgehead atoms. The molecule has 0 aliphatic heterocycles. The predicted molar refractivity (Wildman–Crippen MR) is 55.7 cm³/mol. The molecule has 0 aromatic carbocycles. The van der Waals surface area contributed by atoms with E-state index in [2.05, 4.69) is 0 Å². The Bertz CT molecular complexity index is 400. The van der Waals surface area contributed by atoms with Gasteiger partial charge in [0.05, 0.1) is 0 Å². The summed E-state index contributed by atoms with van der Waals surface area (Å²) in [6.45, 7) is 0.259. The lowest BCUT2D eigenvalue weighted by molar-refractivity contribution is -0.139. The first-order chi connectivity index (χ1) is 7.46. The van der Waals surface area contributed by atoms with Crippen LogP contribution in [0.3, 0.4) is 0 Å². The summed E-state index contributed by atoms with van der Waals surface area (Å²) in [4.78, 5) is 11.4. The summed E-state index contributed by atoms with van der Waals surface area (Å²) in [6, 6.07) is 2.02. The van der Waals surface area contributed by atoms with Gasteiger partial charge in [-0.15, -0.1) is 11.6 Å². The van der Waals surface area contributed by atoms with E-state index in [1.165, 1.54) is 12.3 Å². The molecule has 0 aliphatic carbocycles. The van der Waals surface area contributed by atoms with E-state index in [4.69, 9.17) is 11.6 Å². The van der Waals surface area contributed by atoms with Gasteiger partial charge in [-0.05, 0) is 25.0 Å². The number of alkyl halides is 4. The van der Waals surface area contributed by atoms with Crippen LogP contribution in [0, 0.1) is 0 Å². The summed E-state index contributed by atoms with van der Waals surface area (Å²) >= 11 is 5.44. The summed E-state index contributed by atoms with van der Waals surface area (Å²) in [5.41, 5.74) is -2.12. The highest BCUT2D eigenvalue weighted by Gasteiger charge is 2.34. The Morgan fingerprint density at radius 1 is 1.31 bits per heavy atom. The van der Waals surface area contributed by atoms with Crippen LogP contribution in [0.5, 0.6) is 0 Å². The Kier molecular flexibility index (Phi) is 4.41. The highest BCUT2D eigenvalue weighted by atomic mass is 35.5. The van der Waals surface area contributed by atoms with Crippen molar-refractivity contribution >= 4 is 11.6 Å². The molecule has 6 heteroatoms. The molecule has 0 spiro atoms. The van der Waals surface area contributed by atoms with Gasteiger partial charge >= 0.3 is 6.18 Å². The van der Waals surface area contributed by atoms with Gasteiger partial charge in [-0.1, -0.05) is 0 Å². The number of aromatic nitrogens is 1. The quantitative estimate of drug-likeness (QED) is 0.597. The minimum Gasteiger partial charge on any atom is -0.315 e. The molecule has 1 aromatic rings. The van der Waals surface area contributed by atoms with Crippen molar-refractivity contribution in [1.82, 2.24) is 4.57 Å². The molecule has 90 valence electrons. The van der Waals surface area contributed by atoms with Crippen LogP contribution in [0.2, 0.25) is 0 Å². The normalized spacial score (nSPS) is 11.8. The van der Waals surface area contributed by atoms with Crippen molar-refractivity contribution in [3.8, 4) is 0 Å². The molecular weight excluding hydrogens is 243 g/mol. The highest BCUT2D eigenvalue weighted by molar-refractivity contribution is 6.17. The van der Waals surface area contributed by atoms with Crippen molar-refractivity contribution in [2.45, 2.75) is 25.6 Å². The fraction of sp³-hybridized carbons (Fsp3) is 0.500. The lowest BCUT2D eigenvalue weighted by Gasteiger charge is -2.09. The van der Waals surface area contributed by atoms with E-state index in [0.717, 1.165) is 10.6 Å². The zero-order valence-corrected chi connectivity index (χ0v) is 9.18. The minimum atomic E-state index is -4.59. The first-order valence-corrected chi connectivity index (χ1v) is 5.33. The van der Waals surface area contributed by atoms with E-state index in [-0.39, 0.29) is 6.54 Å². The third kappa shape index (κ3) is 3.27. The molecule has 0 unspecified atom stereocenters. The molecule has 0 amide bonds. The largest absolute Gasteiger partial charge is 0.421 e. The second kappa shape index (κ2) is 5.39. The van der Waals surface area contributed by atoms with Gasteiger partial charge in [0.2, 0.25) is 0 Å². The molecule has 0 aliphatic rings. The number of halogens is 4. The van der Waals surface area contributed by atoms with Gasteiger partial charge in [0, 0.05) is 18.6 Å². The molecular formula is C10H11ClF3NO. The fourth-order valence-corrected chi connectivity index (χ4v) is 1.49. The molecule has 0 fully saturated rings. The number of pyridine rings is 1. The highest BCUT2D eigenvalue weighted by Crippen LogP contribution is 2.25. The van der Waals surface area contributed by atoms with Crippen LogP contribution < -0.4 is 5.56 Å². The molecule has 16 heavy (non-hydrogen) atoms. The van der Waals surface area contributed by atoms with Crippen molar-refractivity contribution < 1.29 is 13.2 Å². The summed E-state index contributed by atoms with van der Waals surface area (Å²) in [5, 5.41) is 0. The van der Waals surface area contributed by atoms with Crippen LogP contribution in [-0.4, -0.2) is 10.4 Å². The van der Waals surface area contributed by atoms with Gasteiger partial charge in [0.15, 0.2) is 0 Å². The number of hydrogen-bond donors (Lipinski definition) is 0. The summed E-state index contributed by atoms with van der Waals surface area (Å²) in [7, 11) is 0. The fourth-order valence-electron chi connectivity index (χ4n) is 1.31. The number of nitrogens with zero attached hydrogens (tertiary/aromatic N) is 1. The van der Waals surface area contributed by atoms with Gasteiger partial charge in [0.1, 0.15) is 5.56 Å². The Morgan fingerprint density at radius 2 is 2.00 bits per heavy atom. The minimum absolute atomic E-state index is 0.259. The smallest absolute Gasteiger partial charge is 0.315 e. The van der Waals surface area contributed by atoms with E-state index in [1.54, 1.807) is 0 Å². The molecule has 1 heterocycles. The van der Waals surface area contributed by atoms with E-state index in [9.17, 15) is 18.0 Å². The van der Waals surface area contributed by atoms with Gasteiger partial charge < -0.3 is 4.57 Å². The third-order valence-corrected chi connectivity index (χ3v) is 2.38. The number of unbranched alkanes of at least 4 members (excludes halogenated alkanes) is 1. The summed E-state index contributed by atoms with van der Waals surface area (Å²) < 4.78 is 38.2. The topological polar surface area (TPSA) is 22.0 Å². The van der Waals surface area contributed by atoms with Crippen molar-refractivity contribution in [3.63, 3.8) is 0 Å². The molecule has 1 rings (SSSR count). The van der Waals surface area contributed by atoms with Crippen LogP contribution in [0.25, 0.3) is 0 Å². The summed E-state index contributed by atoms with van der Waals surface area (Å²) in [6.07, 6.45) is -1.98. The molecule has 0 saturated heterocycles. The first kappa shape index (κ1) is 13.1. The van der Waals surface area contributed by atoms with Crippen LogP contribution in [0.1, 0.15) is 18.4 Å². The Hall–Kier alpha value is -0.970. The van der Waals surface area contributed by atoms with Crippen LogP contribution >= 0.6 is 11.6 Å². The average Bonchev–Trinajstić information content (AvgIpc) is 2.19. The zero-order chi connectivity index (χ0) is 12.2. The van der Waals surface area contributed by atoms with E-state index in [0.29, 0.717) is 18.7 Å². The molecule has 0 saturated carbocycles. The lowest BCUT2D eigenvalue weighted by Crippen LogP contribution is -2.28. The Morgan fingerprint density at radius 3 is 2.56 bits per heavy atom. The number of hydrogen-bond acceptors (Lipinski definition) is 1. The maximum atomic E-state index is 12.4. The molecule has 0 radical (unpaired) electrons. The van der Waals surface area contributed by atoms with Gasteiger partial charge in [0.25, 0.3) is 5.56 Å². The van der Waals surface area contributed by atoms with Crippen LogP contribution in [0.4, 0.5) is 13.2 Å². The van der Waals surface area contributed by atoms with Gasteiger partial charge in [-0.25, -0.2) is 0 Å². The third-order valence-electron chi connectivity index (χ3n) is 2.11. The van der Waals surface area contributed by atoms with E-state index < -0.39 is 17.3 Å². The van der Waals surface area contributed by atoms with E-state index >= 15 is 0 Å².